The molecule has 13 heavy (non-hydrogen) atoms. The lowest BCUT2D eigenvalue weighted by Crippen LogP contribution is -2.03. The molecule has 1 fully saturated rings. The molecule has 1 aromatic rings. The first-order chi connectivity index (χ1) is 6.20. The highest BCUT2D eigenvalue weighted by molar-refractivity contribution is 6.30. The molecule has 2 nitrogen and oxygen atoms in total. The van der Waals surface area contributed by atoms with Crippen LogP contribution in [0.1, 0.15) is 24.8 Å². The zero-order valence-corrected chi connectivity index (χ0v) is 8.20. The molecule has 0 aromatic carbocycles. The quantitative estimate of drug-likeness (QED) is 0.738. The molecule has 0 bridgehead atoms. The van der Waals surface area contributed by atoms with Crippen molar-refractivity contribution in [2.75, 3.05) is 0 Å². The second-order valence-electron chi connectivity index (χ2n) is 3.63. The van der Waals surface area contributed by atoms with Crippen LogP contribution in [0.3, 0.4) is 0 Å². The van der Waals surface area contributed by atoms with E-state index in [9.17, 15) is 5.11 Å². The lowest BCUT2D eigenvalue weighted by atomic mass is 10.1. The molecule has 1 aromatic heterocycles. The summed E-state index contributed by atoms with van der Waals surface area (Å²) in [5, 5.41) is 9.93. The maximum atomic E-state index is 9.35. The Bertz CT molecular complexity index is 314. The molecule has 1 heterocycles. The highest BCUT2D eigenvalue weighted by Crippen LogP contribution is 2.50. The van der Waals surface area contributed by atoms with Crippen LogP contribution in [-0.2, 0) is 0 Å². The van der Waals surface area contributed by atoms with E-state index in [-0.39, 0.29) is 6.10 Å². The molecule has 3 heteroatoms. The third-order valence-electron chi connectivity index (χ3n) is 2.65. The van der Waals surface area contributed by atoms with Gasteiger partial charge < -0.3 is 5.11 Å². The molecule has 3 atom stereocenters. The Kier molecular flexibility index (Phi) is 2.26. The van der Waals surface area contributed by atoms with Crippen LogP contribution < -0.4 is 0 Å². The SMILES string of the molecule is CC(O)[C@H]1C[C@@H]1c1cccnc1Cl. The molecular formula is C10H12ClNO. The van der Waals surface area contributed by atoms with Crippen LogP contribution in [-0.4, -0.2) is 16.2 Å². The predicted octanol–water partition coefficient (Wildman–Crippen LogP) is 2.22. The zero-order valence-electron chi connectivity index (χ0n) is 7.44. The number of aromatic nitrogens is 1. The Labute approximate surface area is 82.6 Å². The standard InChI is InChI=1S/C10H12ClNO/c1-6(13)8-5-9(8)7-3-2-4-12-10(7)11/h2-4,6,8-9,13H,5H2,1H3/t6?,8-,9-/m1/s1. The largest absolute Gasteiger partial charge is 0.393 e. The Hall–Kier alpha value is -0.600. The van der Waals surface area contributed by atoms with Gasteiger partial charge in [-0.25, -0.2) is 4.98 Å². The van der Waals surface area contributed by atoms with Crippen LogP contribution in [0.15, 0.2) is 18.3 Å². The van der Waals surface area contributed by atoms with Crippen molar-refractivity contribution in [3.05, 3.63) is 29.0 Å². The number of nitrogens with zero attached hydrogens (tertiary/aromatic N) is 1. The van der Waals surface area contributed by atoms with Crippen molar-refractivity contribution in [2.24, 2.45) is 5.92 Å². The lowest BCUT2D eigenvalue weighted by molar-refractivity contribution is 0.169. The summed E-state index contributed by atoms with van der Waals surface area (Å²) in [6.07, 6.45) is 2.48. The van der Waals surface area contributed by atoms with E-state index < -0.39 is 0 Å². The summed E-state index contributed by atoms with van der Waals surface area (Å²) >= 11 is 5.94. The fraction of sp³-hybridized carbons (Fsp3) is 0.500. The minimum absolute atomic E-state index is 0.235. The second kappa shape index (κ2) is 3.28. The number of halogens is 1. The van der Waals surface area contributed by atoms with Gasteiger partial charge in [-0.2, -0.15) is 0 Å². The van der Waals surface area contributed by atoms with Crippen LogP contribution >= 0.6 is 11.6 Å². The summed E-state index contributed by atoms with van der Waals surface area (Å²) < 4.78 is 0. The van der Waals surface area contributed by atoms with Crippen molar-refractivity contribution < 1.29 is 5.11 Å². The van der Waals surface area contributed by atoms with Crippen LogP contribution in [0.5, 0.6) is 0 Å². The summed E-state index contributed by atoms with van der Waals surface area (Å²) in [6.45, 7) is 1.83. The molecule has 0 aliphatic heterocycles. The van der Waals surface area contributed by atoms with Crippen molar-refractivity contribution >= 4 is 11.6 Å². The van der Waals surface area contributed by atoms with E-state index in [2.05, 4.69) is 4.98 Å². The molecule has 1 N–H and O–H groups in total. The molecular weight excluding hydrogens is 186 g/mol. The summed E-state index contributed by atoms with van der Waals surface area (Å²) in [5.74, 6) is 0.794. The van der Waals surface area contributed by atoms with Crippen molar-refractivity contribution in [1.29, 1.82) is 0 Å². The van der Waals surface area contributed by atoms with Crippen LogP contribution in [0.2, 0.25) is 5.15 Å². The topological polar surface area (TPSA) is 33.1 Å². The van der Waals surface area contributed by atoms with Gasteiger partial charge in [-0.15, -0.1) is 0 Å². The zero-order chi connectivity index (χ0) is 9.42. The first-order valence-electron chi connectivity index (χ1n) is 4.48. The molecule has 0 spiro atoms. The van der Waals surface area contributed by atoms with Gasteiger partial charge in [0.2, 0.25) is 0 Å². The number of pyridine rings is 1. The molecule has 2 rings (SSSR count). The van der Waals surface area contributed by atoms with Crippen molar-refractivity contribution in [1.82, 2.24) is 4.98 Å². The Morgan fingerprint density at radius 1 is 1.69 bits per heavy atom. The van der Waals surface area contributed by atoms with Gasteiger partial charge in [0, 0.05) is 6.20 Å². The Morgan fingerprint density at radius 2 is 2.46 bits per heavy atom. The fourth-order valence-corrected chi connectivity index (χ4v) is 2.04. The highest BCUT2D eigenvalue weighted by atomic mass is 35.5. The van der Waals surface area contributed by atoms with E-state index in [4.69, 9.17) is 11.6 Å². The molecule has 70 valence electrons. The number of aliphatic hydroxyl groups is 1. The lowest BCUT2D eigenvalue weighted by Gasteiger charge is -2.03. The van der Waals surface area contributed by atoms with E-state index in [0.29, 0.717) is 17.0 Å². The van der Waals surface area contributed by atoms with Gasteiger partial charge in [0.25, 0.3) is 0 Å². The summed E-state index contributed by atoms with van der Waals surface area (Å²) in [6, 6.07) is 3.88. The summed E-state index contributed by atoms with van der Waals surface area (Å²) in [4.78, 5) is 4.02. The minimum Gasteiger partial charge on any atom is -0.393 e. The smallest absolute Gasteiger partial charge is 0.132 e. The maximum absolute atomic E-state index is 9.35. The number of hydrogen-bond donors (Lipinski definition) is 1. The monoisotopic (exact) mass is 197 g/mol. The van der Waals surface area contributed by atoms with Crippen molar-refractivity contribution in [3.8, 4) is 0 Å². The van der Waals surface area contributed by atoms with Gasteiger partial charge in [0.15, 0.2) is 0 Å². The van der Waals surface area contributed by atoms with Crippen LogP contribution in [0, 0.1) is 5.92 Å². The molecule has 1 saturated carbocycles. The third kappa shape index (κ3) is 1.69. The van der Waals surface area contributed by atoms with Gasteiger partial charge in [-0.3, -0.25) is 0 Å². The van der Waals surface area contributed by atoms with Gasteiger partial charge in [-0.05, 0) is 36.8 Å². The maximum Gasteiger partial charge on any atom is 0.132 e. The van der Waals surface area contributed by atoms with Crippen molar-refractivity contribution in [3.63, 3.8) is 0 Å². The van der Waals surface area contributed by atoms with E-state index in [1.807, 2.05) is 19.1 Å². The Balaban J connectivity index is 2.16. The Morgan fingerprint density at radius 3 is 3.00 bits per heavy atom. The average Bonchev–Trinajstić information content (AvgIpc) is 2.84. The number of hydrogen-bond acceptors (Lipinski definition) is 2. The van der Waals surface area contributed by atoms with E-state index >= 15 is 0 Å². The first kappa shape index (κ1) is 8.97. The van der Waals surface area contributed by atoms with Gasteiger partial charge in [0.05, 0.1) is 6.10 Å². The van der Waals surface area contributed by atoms with Crippen LogP contribution in [0.25, 0.3) is 0 Å². The molecule has 1 aliphatic carbocycles. The fourth-order valence-electron chi connectivity index (χ4n) is 1.78. The average molecular weight is 198 g/mol. The first-order valence-corrected chi connectivity index (χ1v) is 4.86. The molecule has 1 unspecified atom stereocenters. The molecule has 0 saturated heterocycles. The van der Waals surface area contributed by atoms with Crippen molar-refractivity contribution in [2.45, 2.75) is 25.4 Å². The normalized spacial score (nSPS) is 28.5. The highest BCUT2D eigenvalue weighted by Gasteiger charge is 2.42. The molecule has 1 aliphatic rings. The number of rotatable bonds is 2. The van der Waals surface area contributed by atoms with E-state index in [1.165, 1.54) is 0 Å². The van der Waals surface area contributed by atoms with Gasteiger partial charge in [-0.1, -0.05) is 17.7 Å². The second-order valence-corrected chi connectivity index (χ2v) is 3.99. The van der Waals surface area contributed by atoms with Gasteiger partial charge >= 0.3 is 0 Å². The van der Waals surface area contributed by atoms with E-state index in [1.54, 1.807) is 6.20 Å². The summed E-state index contributed by atoms with van der Waals surface area (Å²) in [5.41, 5.74) is 1.08. The van der Waals surface area contributed by atoms with E-state index in [0.717, 1.165) is 12.0 Å². The van der Waals surface area contributed by atoms with Gasteiger partial charge in [0.1, 0.15) is 5.15 Å². The van der Waals surface area contributed by atoms with Crippen LogP contribution in [0.4, 0.5) is 0 Å². The predicted molar refractivity (Wildman–Crippen MR) is 51.8 cm³/mol. The molecule has 0 radical (unpaired) electrons. The minimum atomic E-state index is -0.235. The number of aliphatic hydroxyl groups excluding tert-OH is 1. The molecule has 0 amide bonds. The third-order valence-corrected chi connectivity index (χ3v) is 2.96. The summed E-state index contributed by atoms with van der Waals surface area (Å²) in [7, 11) is 0.